The van der Waals surface area contributed by atoms with E-state index in [0.29, 0.717) is 4.90 Å². The van der Waals surface area contributed by atoms with Crippen molar-refractivity contribution in [1.82, 2.24) is 4.31 Å². The molecule has 0 unspecified atom stereocenters. The lowest BCUT2D eigenvalue weighted by Gasteiger charge is -2.18. The first kappa shape index (κ1) is 15.5. The predicted octanol–water partition coefficient (Wildman–Crippen LogP) is 2.83. The van der Waals surface area contributed by atoms with Crippen LogP contribution in [0.2, 0.25) is 0 Å². The van der Waals surface area contributed by atoms with Crippen molar-refractivity contribution in [3.8, 4) is 5.75 Å². The summed E-state index contributed by atoms with van der Waals surface area (Å²) in [7, 11) is -1.96. The molecule has 2 aromatic carbocycles. The van der Waals surface area contributed by atoms with E-state index in [0.717, 1.165) is 16.7 Å². The largest absolute Gasteiger partial charge is 0.508 e. The van der Waals surface area contributed by atoms with Crippen molar-refractivity contribution in [2.24, 2.45) is 0 Å². The molecule has 0 aromatic heterocycles. The van der Waals surface area contributed by atoms with Gasteiger partial charge in [0.1, 0.15) is 5.75 Å². The number of aryl methyl sites for hydroxylation is 2. The highest BCUT2D eigenvalue weighted by Gasteiger charge is 2.21. The zero-order chi connectivity index (χ0) is 15.6. The van der Waals surface area contributed by atoms with Crippen LogP contribution in [-0.4, -0.2) is 24.9 Å². The van der Waals surface area contributed by atoms with Gasteiger partial charge in [0.25, 0.3) is 0 Å². The van der Waals surface area contributed by atoms with Gasteiger partial charge < -0.3 is 5.11 Å². The van der Waals surface area contributed by atoms with E-state index in [1.807, 2.05) is 19.9 Å². The molecule has 0 atom stereocenters. The molecule has 0 aliphatic heterocycles. The van der Waals surface area contributed by atoms with Gasteiger partial charge in [0.2, 0.25) is 10.0 Å². The zero-order valence-corrected chi connectivity index (χ0v) is 13.2. The van der Waals surface area contributed by atoms with Crippen molar-refractivity contribution in [2.45, 2.75) is 25.3 Å². The normalized spacial score (nSPS) is 11.8. The molecule has 4 nitrogen and oxygen atoms in total. The molecular weight excluding hydrogens is 286 g/mol. The third kappa shape index (κ3) is 3.43. The maximum atomic E-state index is 12.5. The van der Waals surface area contributed by atoms with Crippen LogP contribution in [0.15, 0.2) is 47.4 Å². The predicted molar refractivity (Wildman–Crippen MR) is 82.7 cm³/mol. The molecule has 0 saturated carbocycles. The number of rotatable bonds is 4. The van der Waals surface area contributed by atoms with Crippen LogP contribution >= 0.6 is 0 Å². The second-order valence-corrected chi connectivity index (χ2v) is 7.22. The summed E-state index contributed by atoms with van der Waals surface area (Å²) < 4.78 is 26.4. The van der Waals surface area contributed by atoms with Crippen molar-refractivity contribution < 1.29 is 13.5 Å². The number of sulfonamides is 1. The maximum absolute atomic E-state index is 12.5. The first-order valence-corrected chi connectivity index (χ1v) is 8.06. The van der Waals surface area contributed by atoms with Crippen molar-refractivity contribution in [3.05, 3.63) is 59.2 Å². The van der Waals surface area contributed by atoms with Crippen molar-refractivity contribution in [3.63, 3.8) is 0 Å². The zero-order valence-electron chi connectivity index (χ0n) is 12.4. The molecule has 2 rings (SSSR count). The van der Waals surface area contributed by atoms with Gasteiger partial charge in [-0.2, -0.15) is 4.31 Å². The Morgan fingerprint density at radius 3 is 2.19 bits per heavy atom. The lowest BCUT2D eigenvalue weighted by Crippen LogP contribution is -2.26. The van der Waals surface area contributed by atoms with Gasteiger partial charge >= 0.3 is 0 Å². The van der Waals surface area contributed by atoms with Gasteiger partial charge in [-0.3, -0.25) is 0 Å². The minimum atomic E-state index is -3.52. The van der Waals surface area contributed by atoms with Crippen LogP contribution in [0.3, 0.4) is 0 Å². The van der Waals surface area contributed by atoms with Crippen molar-refractivity contribution >= 4 is 10.0 Å². The Balaban J connectivity index is 2.25. The Kier molecular flexibility index (Phi) is 4.34. The minimum Gasteiger partial charge on any atom is -0.508 e. The van der Waals surface area contributed by atoms with Crippen LogP contribution in [-0.2, 0) is 16.6 Å². The Morgan fingerprint density at radius 2 is 1.62 bits per heavy atom. The van der Waals surface area contributed by atoms with Crippen LogP contribution in [0, 0.1) is 13.8 Å². The Bertz CT molecular complexity index is 737. The first-order valence-electron chi connectivity index (χ1n) is 6.62. The van der Waals surface area contributed by atoms with Gasteiger partial charge in [-0.25, -0.2) is 8.42 Å². The maximum Gasteiger partial charge on any atom is 0.243 e. The summed E-state index contributed by atoms with van der Waals surface area (Å²) in [4.78, 5) is 0.298. The quantitative estimate of drug-likeness (QED) is 0.945. The fourth-order valence-corrected chi connectivity index (χ4v) is 3.24. The van der Waals surface area contributed by atoms with E-state index >= 15 is 0 Å². The average Bonchev–Trinajstić information content (AvgIpc) is 2.44. The fraction of sp³-hybridized carbons (Fsp3) is 0.250. The SMILES string of the molecule is Cc1ccc(S(=O)(=O)N(C)Cc2ccc(O)cc2)cc1C. The average molecular weight is 305 g/mol. The molecule has 2 aromatic rings. The topological polar surface area (TPSA) is 57.6 Å². The number of benzene rings is 2. The fourth-order valence-electron chi connectivity index (χ4n) is 2.00. The number of hydrogen-bond donors (Lipinski definition) is 1. The third-order valence-electron chi connectivity index (χ3n) is 3.53. The highest BCUT2D eigenvalue weighted by Crippen LogP contribution is 2.20. The van der Waals surface area contributed by atoms with E-state index in [1.54, 1.807) is 43.4 Å². The van der Waals surface area contributed by atoms with Crippen LogP contribution < -0.4 is 0 Å². The summed E-state index contributed by atoms with van der Waals surface area (Å²) in [5.41, 5.74) is 2.84. The van der Waals surface area contributed by atoms with E-state index in [4.69, 9.17) is 0 Å². The molecule has 21 heavy (non-hydrogen) atoms. The Morgan fingerprint density at radius 1 is 1.00 bits per heavy atom. The lowest BCUT2D eigenvalue weighted by molar-refractivity contribution is 0.463. The van der Waals surface area contributed by atoms with Crippen LogP contribution in [0.1, 0.15) is 16.7 Å². The molecule has 112 valence electrons. The third-order valence-corrected chi connectivity index (χ3v) is 5.33. The second kappa shape index (κ2) is 5.87. The molecular formula is C16H19NO3S. The molecule has 5 heteroatoms. The van der Waals surface area contributed by atoms with E-state index in [2.05, 4.69) is 0 Å². The molecule has 0 saturated heterocycles. The molecule has 0 fully saturated rings. The number of aromatic hydroxyl groups is 1. The highest BCUT2D eigenvalue weighted by molar-refractivity contribution is 7.89. The Labute approximate surface area is 125 Å². The summed E-state index contributed by atoms with van der Waals surface area (Å²) in [5.74, 6) is 0.165. The summed E-state index contributed by atoms with van der Waals surface area (Å²) in [6, 6.07) is 11.7. The molecule has 0 amide bonds. The Hall–Kier alpha value is -1.85. The summed E-state index contributed by atoms with van der Waals surface area (Å²) in [6.07, 6.45) is 0. The summed E-state index contributed by atoms with van der Waals surface area (Å²) in [5, 5.41) is 9.25. The number of phenolic OH excluding ortho intramolecular Hbond substituents is 1. The second-order valence-electron chi connectivity index (χ2n) is 5.17. The van der Waals surface area contributed by atoms with Gasteiger partial charge in [-0.15, -0.1) is 0 Å². The monoisotopic (exact) mass is 305 g/mol. The van der Waals surface area contributed by atoms with E-state index in [1.165, 1.54) is 4.31 Å². The minimum absolute atomic E-state index is 0.165. The highest BCUT2D eigenvalue weighted by atomic mass is 32.2. The molecule has 0 aliphatic rings. The van der Waals surface area contributed by atoms with Gasteiger partial charge in [0, 0.05) is 13.6 Å². The molecule has 1 N–H and O–H groups in total. The van der Waals surface area contributed by atoms with Crippen molar-refractivity contribution in [2.75, 3.05) is 7.05 Å². The molecule has 0 bridgehead atoms. The number of hydrogen-bond acceptors (Lipinski definition) is 3. The summed E-state index contributed by atoms with van der Waals surface area (Å²) >= 11 is 0. The van der Waals surface area contributed by atoms with Crippen LogP contribution in [0.25, 0.3) is 0 Å². The molecule has 0 heterocycles. The molecule has 0 radical (unpaired) electrons. The van der Waals surface area contributed by atoms with Gasteiger partial charge in [-0.05, 0) is 54.8 Å². The van der Waals surface area contributed by atoms with E-state index < -0.39 is 10.0 Å². The van der Waals surface area contributed by atoms with Crippen LogP contribution in [0.4, 0.5) is 0 Å². The van der Waals surface area contributed by atoms with Gasteiger partial charge in [-0.1, -0.05) is 18.2 Å². The molecule has 0 aliphatic carbocycles. The number of phenols is 1. The van der Waals surface area contributed by atoms with E-state index in [9.17, 15) is 13.5 Å². The van der Waals surface area contributed by atoms with Crippen LogP contribution in [0.5, 0.6) is 5.75 Å². The molecule has 0 spiro atoms. The van der Waals surface area contributed by atoms with Crippen molar-refractivity contribution in [1.29, 1.82) is 0 Å². The number of nitrogens with zero attached hydrogens (tertiary/aromatic N) is 1. The van der Waals surface area contributed by atoms with Gasteiger partial charge in [0.15, 0.2) is 0 Å². The van der Waals surface area contributed by atoms with E-state index in [-0.39, 0.29) is 12.3 Å². The lowest BCUT2D eigenvalue weighted by atomic mass is 10.1. The first-order chi connectivity index (χ1) is 9.80. The standard InChI is InChI=1S/C16H19NO3S/c1-12-4-9-16(10-13(12)2)21(19,20)17(3)11-14-5-7-15(18)8-6-14/h4-10,18H,11H2,1-3H3. The smallest absolute Gasteiger partial charge is 0.243 e. The van der Waals surface area contributed by atoms with Gasteiger partial charge in [0.05, 0.1) is 4.90 Å². The summed E-state index contributed by atoms with van der Waals surface area (Å²) in [6.45, 7) is 4.11.